The number of aliphatic hydroxyl groups is 1. The van der Waals surface area contributed by atoms with Crippen LogP contribution in [0.4, 0.5) is 4.39 Å². The lowest BCUT2D eigenvalue weighted by Crippen LogP contribution is -2.44. The van der Waals surface area contributed by atoms with Crippen molar-refractivity contribution in [2.75, 3.05) is 0 Å². The Balaban J connectivity index is 1.58. The predicted molar refractivity (Wildman–Crippen MR) is 128 cm³/mol. The molecule has 1 aromatic heterocycles. The van der Waals surface area contributed by atoms with Crippen LogP contribution in [-0.4, -0.2) is 56.3 Å². The number of halogens is 1. The van der Waals surface area contributed by atoms with Crippen molar-refractivity contribution < 1.29 is 37.4 Å². The van der Waals surface area contributed by atoms with Crippen molar-refractivity contribution in [2.24, 2.45) is 0 Å². The standard InChI is InChI=1S/C23H29FN3O9P/c1-13(2)33-18(29)14(3)26-37(32,35-15-8-6-5-7-9-15)36-16-12-23(16)19(30)22(4,24)20(34-23)27-11-10-17(28)25-21(27)31/h5-11,13-14,16,19-20,30H,12H2,1-4H3,(H,26,32)(H,25,28,31)/t14-,16?,19-,20+,22+,23?,37?/m0/s1. The number of aromatic amines is 1. The summed E-state index contributed by atoms with van der Waals surface area (Å²) < 4.78 is 52.6. The van der Waals surface area contributed by atoms with E-state index in [2.05, 4.69) is 5.09 Å². The number of nitrogens with one attached hydrogen (secondary N) is 2. The fraction of sp³-hybridized carbons (Fsp3) is 0.522. The van der Waals surface area contributed by atoms with Gasteiger partial charge in [0.15, 0.2) is 11.9 Å². The molecule has 0 bridgehead atoms. The van der Waals surface area contributed by atoms with Crippen molar-refractivity contribution in [3.63, 3.8) is 0 Å². The third kappa shape index (κ3) is 5.41. The zero-order chi connectivity index (χ0) is 27.2. The van der Waals surface area contributed by atoms with Crippen LogP contribution in [0.1, 0.15) is 40.3 Å². The molecule has 7 atom stereocenters. The van der Waals surface area contributed by atoms with Crippen molar-refractivity contribution in [3.8, 4) is 5.75 Å². The Hall–Kier alpha value is -2.83. The molecule has 1 aliphatic heterocycles. The number of alkyl halides is 1. The number of benzene rings is 1. The number of H-pyrrole nitrogens is 1. The summed E-state index contributed by atoms with van der Waals surface area (Å²) in [5.74, 6) is -0.537. The van der Waals surface area contributed by atoms with E-state index >= 15 is 4.39 Å². The Morgan fingerprint density at radius 1 is 1.27 bits per heavy atom. The van der Waals surface area contributed by atoms with Gasteiger partial charge in [0.25, 0.3) is 5.56 Å². The highest BCUT2D eigenvalue weighted by Crippen LogP contribution is 2.63. The van der Waals surface area contributed by atoms with Gasteiger partial charge in [-0.1, -0.05) is 18.2 Å². The Kier molecular flexibility index (Phi) is 7.21. The largest absolute Gasteiger partial charge is 0.462 e. The molecule has 2 aromatic rings. The van der Waals surface area contributed by atoms with Gasteiger partial charge < -0.3 is 19.1 Å². The van der Waals surface area contributed by atoms with Crippen LogP contribution in [0.2, 0.25) is 0 Å². The minimum atomic E-state index is -4.32. The Morgan fingerprint density at radius 2 is 1.95 bits per heavy atom. The van der Waals surface area contributed by atoms with Crippen LogP contribution in [0, 0.1) is 0 Å². The summed E-state index contributed by atoms with van der Waals surface area (Å²) in [5.41, 5.74) is -5.76. The quantitative estimate of drug-likeness (QED) is 0.316. The number of carbonyl (C=O) groups is 1. The molecule has 4 rings (SSSR count). The van der Waals surface area contributed by atoms with Gasteiger partial charge in [0.1, 0.15) is 29.6 Å². The lowest BCUT2D eigenvalue weighted by Gasteiger charge is -2.25. The molecule has 2 heterocycles. The molecule has 1 aliphatic carbocycles. The monoisotopic (exact) mass is 541 g/mol. The van der Waals surface area contributed by atoms with Crippen LogP contribution in [-0.2, 0) is 23.4 Å². The van der Waals surface area contributed by atoms with Crippen molar-refractivity contribution in [3.05, 3.63) is 63.4 Å². The molecule has 1 saturated carbocycles. The zero-order valence-electron chi connectivity index (χ0n) is 20.6. The Bertz CT molecular complexity index is 1310. The molecular weight excluding hydrogens is 512 g/mol. The summed E-state index contributed by atoms with van der Waals surface area (Å²) in [5, 5.41) is 13.4. The number of hydrogen-bond donors (Lipinski definition) is 3. The maximum absolute atomic E-state index is 15.7. The third-order valence-electron chi connectivity index (χ3n) is 6.10. The Labute approximate surface area is 211 Å². The van der Waals surface area contributed by atoms with Gasteiger partial charge >= 0.3 is 19.4 Å². The van der Waals surface area contributed by atoms with Gasteiger partial charge in [0.2, 0.25) is 0 Å². The molecule has 12 nitrogen and oxygen atoms in total. The molecule has 0 amide bonds. The van der Waals surface area contributed by atoms with Crippen LogP contribution in [0.5, 0.6) is 5.75 Å². The first-order valence-corrected chi connectivity index (χ1v) is 13.2. The molecule has 1 spiro atoms. The van der Waals surface area contributed by atoms with E-state index in [4.69, 9.17) is 18.5 Å². The zero-order valence-corrected chi connectivity index (χ0v) is 21.5. The molecule has 3 unspecified atom stereocenters. The molecule has 2 fully saturated rings. The van der Waals surface area contributed by atoms with Crippen molar-refractivity contribution in [1.82, 2.24) is 14.6 Å². The van der Waals surface area contributed by atoms with E-state index < -0.39 is 66.8 Å². The summed E-state index contributed by atoms with van der Waals surface area (Å²) in [6.07, 6.45) is -3.98. The van der Waals surface area contributed by atoms with E-state index in [9.17, 15) is 24.1 Å². The summed E-state index contributed by atoms with van der Waals surface area (Å²) in [6, 6.07) is 7.95. The number of aliphatic hydroxyl groups excluding tert-OH is 1. The van der Waals surface area contributed by atoms with Gasteiger partial charge in [0.05, 0.1) is 6.10 Å². The molecule has 3 N–H and O–H groups in total. The maximum Gasteiger partial charge on any atom is 0.459 e. The molecule has 1 aromatic carbocycles. The summed E-state index contributed by atoms with van der Waals surface area (Å²) >= 11 is 0. The first kappa shape index (κ1) is 27.2. The molecule has 14 heteroatoms. The number of hydrogen-bond acceptors (Lipinski definition) is 9. The lowest BCUT2D eigenvalue weighted by atomic mass is 9.97. The van der Waals surface area contributed by atoms with Crippen molar-refractivity contribution in [1.29, 1.82) is 0 Å². The summed E-state index contributed by atoms with van der Waals surface area (Å²) in [7, 11) is -4.32. The number of esters is 1. The van der Waals surface area contributed by atoms with E-state index in [1.54, 1.807) is 32.0 Å². The first-order valence-electron chi connectivity index (χ1n) is 11.6. The van der Waals surface area contributed by atoms with E-state index in [0.29, 0.717) is 0 Å². The van der Waals surface area contributed by atoms with Crippen molar-refractivity contribution >= 4 is 13.7 Å². The van der Waals surface area contributed by atoms with E-state index in [1.807, 2.05) is 4.98 Å². The van der Waals surface area contributed by atoms with Gasteiger partial charge in [-0.3, -0.25) is 23.7 Å². The number of aromatic nitrogens is 2. The van der Waals surface area contributed by atoms with E-state index in [1.165, 1.54) is 19.1 Å². The minimum Gasteiger partial charge on any atom is -0.462 e. The van der Waals surface area contributed by atoms with Crippen LogP contribution in [0.15, 0.2) is 52.2 Å². The fourth-order valence-corrected chi connectivity index (χ4v) is 5.92. The first-order chi connectivity index (χ1) is 17.3. The minimum absolute atomic E-state index is 0.0864. The van der Waals surface area contributed by atoms with Gasteiger partial charge in [-0.15, -0.1) is 0 Å². The summed E-state index contributed by atoms with van der Waals surface area (Å²) in [6.45, 7) is 5.78. The lowest BCUT2D eigenvalue weighted by molar-refractivity contribution is -0.149. The smallest absolute Gasteiger partial charge is 0.459 e. The normalized spacial score (nSPS) is 31.2. The molecule has 37 heavy (non-hydrogen) atoms. The Morgan fingerprint density at radius 3 is 2.57 bits per heavy atom. The second-order valence-electron chi connectivity index (χ2n) is 9.53. The average molecular weight is 541 g/mol. The molecule has 202 valence electrons. The number of para-hydroxylation sites is 1. The number of rotatable bonds is 9. The predicted octanol–water partition coefficient (Wildman–Crippen LogP) is 1.80. The highest BCUT2D eigenvalue weighted by molar-refractivity contribution is 7.52. The van der Waals surface area contributed by atoms with E-state index in [-0.39, 0.29) is 12.2 Å². The fourth-order valence-electron chi connectivity index (χ4n) is 4.20. The SMILES string of the molecule is CC(C)OC(=O)[C@H](C)NP(=O)(Oc1ccccc1)OC1CC12O[C@@H](n1ccc(=O)[nH]c1=O)[C@](C)(F)[C@@H]2O. The topological polar surface area (TPSA) is 158 Å². The van der Waals surface area contributed by atoms with Gasteiger partial charge in [-0.05, 0) is 39.8 Å². The maximum atomic E-state index is 15.7. The van der Waals surface area contributed by atoms with E-state index in [0.717, 1.165) is 23.8 Å². The second-order valence-corrected chi connectivity index (χ2v) is 11.2. The number of carbonyl (C=O) groups excluding carboxylic acids is 1. The van der Waals surface area contributed by atoms with Crippen LogP contribution < -0.4 is 20.9 Å². The molecule has 0 radical (unpaired) electrons. The third-order valence-corrected chi connectivity index (χ3v) is 7.78. The van der Waals surface area contributed by atoms with Crippen LogP contribution >= 0.6 is 7.75 Å². The molecular formula is C23H29FN3O9P. The average Bonchev–Trinajstić information content (AvgIpc) is 3.44. The van der Waals surface area contributed by atoms with Crippen LogP contribution in [0.25, 0.3) is 0 Å². The van der Waals surface area contributed by atoms with Crippen LogP contribution in [0.3, 0.4) is 0 Å². The second kappa shape index (κ2) is 9.80. The molecule has 1 saturated heterocycles. The molecule has 2 aliphatic rings. The number of nitrogens with zero attached hydrogens (tertiary/aromatic N) is 1. The number of ether oxygens (including phenoxy) is 2. The highest BCUT2D eigenvalue weighted by Gasteiger charge is 2.76. The van der Waals surface area contributed by atoms with Crippen molar-refractivity contribution in [2.45, 2.75) is 76.0 Å². The summed E-state index contributed by atoms with van der Waals surface area (Å²) in [4.78, 5) is 38.0. The highest BCUT2D eigenvalue weighted by atomic mass is 31.2. The van der Waals surface area contributed by atoms with Gasteiger partial charge in [0, 0.05) is 18.7 Å². The van der Waals surface area contributed by atoms with Gasteiger partial charge in [-0.25, -0.2) is 13.8 Å². The van der Waals surface area contributed by atoms with Gasteiger partial charge in [-0.2, -0.15) is 5.09 Å².